The third-order valence-corrected chi connectivity index (χ3v) is 7.87. The molecule has 10 unspecified atom stereocenters. The van der Waals surface area contributed by atoms with Crippen LogP contribution in [0.1, 0.15) is 32.1 Å². The molecule has 2 saturated heterocycles. The number of hydrogen-bond donors (Lipinski definition) is 9. The molecule has 12 nitrogen and oxygen atoms in total. The Balaban J connectivity index is 1.55. The van der Waals surface area contributed by atoms with Crippen LogP contribution in [0.5, 0.6) is 0 Å². The fraction of sp³-hybridized carbons (Fsp3) is 1.00. The summed E-state index contributed by atoms with van der Waals surface area (Å²) in [5.74, 6) is -0.728. The van der Waals surface area contributed by atoms with Gasteiger partial charge in [0.2, 0.25) is 0 Å². The smallest absolute Gasteiger partial charge is 0.187 e. The van der Waals surface area contributed by atoms with Gasteiger partial charge in [-0.2, -0.15) is 0 Å². The van der Waals surface area contributed by atoms with Gasteiger partial charge in [-0.3, -0.25) is 0 Å². The van der Waals surface area contributed by atoms with Crippen LogP contribution in [0.25, 0.3) is 0 Å². The van der Waals surface area contributed by atoms with Gasteiger partial charge in [-0.15, -0.1) is 0 Å². The fourth-order valence-corrected chi connectivity index (χ4v) is 5.85. The molecule has 0 spiro atoms. The summed E-state index contributed by atoms with van der Waals surface area (Å²) in [6, 6.07) is 0. The number of ether oxygens (including phenoxy) is 3. The highest BCUT2D eigenvalue weighted by molar-refractivity contribution is 5.00. The molecule has 0 bridgehead atoms. The normalized spacial score (nSPS) is 55.7. The van der Waals surface area contributed by atoms with Crippen LogP contribution in [0.3, 0.4) is 0 Å². The fourth-order valence-electron chi connectivity index (χ4n) is 5.85. The van der Waals surface area contributed by atoms with Crippen LogP contribution in [-0.2, 0) is 9.47 Å². The molecule has 4 rings (SSSR count). The lowest BCUT2D eigenvalue weighted by Gasteiger charge is -2.49. The van der Waals surface area contributed by atoms with Crippen LogP contribution in [0.2, 0.25) is 0 Å². The summed E-state index contributed by atoms with van der Waals surface area (Å²) in [5.41, 5.74) is 0. The molecule has 15 atom stereocenters. The van der Waals surface area contributed by atoms with Crippen molar-refractivity contribution in [2.45, 2.75) is 112 Å². The lowest BCUT2D eigenvalue weighted by atomic mass is 9.71. The third kappa shape index (κ3) is 4.95. The van der Waals surface area contributed by atoms with E-state index >= 15 is 0 Å². The molecule has 0 aromatic carbocycles. The minimum atomic E-state index is -1.61. The van der Waals surface area contributed by atoms with Crippen molar-refractivity contribution in [2.75, 3.05) is 6.61 Å². The van der Waals surface area contributed by atoms with Gasteiger partial charge in [0.15, 0.2) is 18.5 Å². The van der Waals surface area contributed by atoms with Gasteiger partial charge < -0.3 is 60.2 Å². The van der Waals surface area contributed by atoms with E-state index in [9.17, 15) is 46.0 Å². The maximum absolute atomic E-state index is 10.6. The largest absolute Gasteiger partial charge is 0.427 e. The van der Waals surface area contributed by atoms with E-state index < -0.39 is 92.1 Å². The van der Waals surface area contributed by atoms with Gasteiger partial charge in [0.1, 0.15) is 36.6 Å². The highest BCUT2D eigenvalue weighted by Crippen LogP contribution is 2.42. The number of fused-ring (bicyclic) bond motifs is 1. The molecular weight excluding hydrogens is 444 g/mol. The second kappa shape index (κ2) is 10.2. The van der Waals surface area contributed by atoms with E-state index in [2.05, 4.69) is 0 Å². The molecule has 0 aromatic heterocycles. The summed E-state index contributed by atoms with van der Waals surface area (Å²) in [7, 11) is 0. The van der Waals surface area contributed by atoms with Crippen molar-refractivity contribution < 1.29 is 60.2 Å². The number of hydrogen-bond acceptors (Lipinski definition) is 11. The zero-order valence-electron chi connectivity index (χ0n) is 18.2. The van der Waals surface area contributed by atoms with Crippen LogP contribution in [-0.4, -0.2) is 137 Å². The van der Waals surface area contributed by atoms with E-state index in [1.165, 1.54) is 0 Å². The van der Waals surface area contributed by atoms with Gasteiger partial charge in [0.05, 0.1) is 36.9 Å². The molecule has 2 aliphatic carbocycles. The summed E-state index contributed by atoms with van der Waals surface area (Å²) in [5, 5.41) is 91.0. The lowest BCUT2D eigenvalue weighted by Crippen LogP contribution is -2.64. The maximum atomic E-state index is 10.6. The van der Waals surface area contributed by atoms with Crippen molar-refractivity contribution in [3.63, 3.8) is 0 Å². The molecule has 33 heavy (non-hydrogen) atoms. The molecule has 12 heteroatoms. The predicted octanol–water partition coefficient (Wildman–Crippen LogP) is -4.54. The first-order valence-electron chi connectivity index (χ1n) is 11.7. The Bertz CT molecular complexity index is 651. The Kier molecular flexibility index (Phi) is 7.95. The molecule has 0 radical (unpaired) electrons. The zero-order chi connectivity index (χ0) is 24.0. The van der Waals surface area contributed by atoms with Crippen LogP contribution in [0.4, 0.5) is 0 Å². The number of aliphatic hydroxyl groups excluding tert-OH is 9. The van der Waals surface area contributed by atoms with E-state index in [1.54, 1.807) is 0 Å². The predicted molar refractivity (Wildman–Crippen MR) is 109 cm³/mol. The molecule has 0 amide bonds. The van der Waals surface area contributed by atoms with Crippen LogP contribution in [0.15, 0.2) is 0 Å². The first kappa shape index (κ1) is 25.6. The topological polar surface area (TPSA) is 213 Å². The first-order chi connectivity index (χ1) is 15.6. The van der Waals surface area contributed by atoms with Gasteiger partial charge in [0.25, 0.3) is 0 Å². The van der Waals surface area contributed by atoms with Gasteiger partial charge in [-0.25, -0.2) is 0 Å². The minimum absolute atomic E-state index is 0.157. The molecule has 192 valence electrons. The Morgan fingerprint density at radius 1 is 0.727 bits per heavy atom. The summed E-state index contributed by atoms with van der Waals surface area (Å²) in [6.45, 7) is -0.608. The quantitative estimate of drug-likeness (QED) is 0.174. The second-order valence-corrected chi connectivity index (χ2v) is 9.97. The van der Waals surface area contributed by atoms with Crippen molar-refractivity contribution >= 4 is 0 Å². The SMILES string of the molecule is OC[C@H]1O[C@@H](OC2CC3C(CC(O)C(O)C3O)[OH+]C2C2CCC(O)C(O)C2)[C@H](O)[C@@H](O)[C@@H]1O. The highest BCUT2D eigenvalue weighted by atomic mass is 16.7. The molecule has 4 fully saturated rings. The second-order valence-electron chi connectivity index (χ2n) is 9.97. The van der Waals surface area contributed by atoms with Crippen molar-refractivity contribution in [1.82, 2.24) is 0 Å². The minimum Gasteiger partial charge on any atom is -0.427 e. The zero-order valence-corrected chi connectivity index (χ0v) is 18.2. The van der Waals surface area contributed by atoms with E-state index in [4.69, 9.17) is 14.2 Å². The Morgan fingerprint density at radius 3 is 2.12 bits per heavy atom. The van der Waals surface area contributed by atoms with Crippen molar-refractivity contribution in [3.05, 3.63) is 0 Å². The van der Waals surface area contributed by atoms with Gasteiger partial charge in [0, 0.05) is 12.3 Å². The molecule has 4 aliphatic rings. The van der Waals surface area contributed by atoms with Crippen LogP contribution >= 0.6 is 0 Å². The molecule has 2 aliphatic heterocycles. The summed E-state index contributed by atoms with van der Waals surface area (Å²) < 4.78 is 16.3. The van der Waals surface area contributed by atoms with Crippen molar-refractivity contribution in [3.8, 4) is 0 Å². The summed E-state index contributed by atoms with van der Waals surface area (Å²) >= 11 is 0. The van der Waals surface area contributed by atoms with Gasteiger partial charge in [-0.1, -0.05) is 0 Å². The molecule has 2 saturated carbocycles. The maximum Gasteiger partial charge on any atom is 0.187 e. The Morgan fingerprint density at radius 2 is 1.45 bits per heavy atom. The standard InChI is InChI=1S/C21H36O12/c22-6-14-17(28)18(29)19(30)21(33-14)32-13-4-8-12(5-11(25)16(27)15(8)26)31-20(13)7-1-2-9(23)10(24)3-7/h7-30H,1-6H2/p+1/t7?,8?,9?,10?,11?,12?,13?,14-,15?,16?,17-,18+,19-,20?,21-/m1/s1. The number of rotatable bonds is 4. The molecule has 2 heterocycles. The van der Waals surface area contributed by atoms with E-state index in [0.29, 0.717) is 12.8 Å². The average Bonchev–Trinajstić information content (AvgIpc) is 2.79. The average molecular weight is 482 g/mol. The number of aliphatic hydroxyl groups is 11. The highest BCUT2D eigenvalue weighted by Gasteiger charge is 2.56. The van der Waals surface area contributed by atoms with E-state index in [-0.39, 0.29) is 25.2 Å². The summed E-state index contributed by atoms with van der Waals surface area (Å²) in [6.07, 6.45) is -13.0. The van der Waals surface area contributed by atoms with Crippen molar-refractivity contribution in [2.24, 2.45) is 11.8 Å². The monoisotopic (exact) mass is 481 g/mol. The summed E-state index contributed by atoms with van der Waals surface area (Å²) in [4.78, 5) is 0. The van der Waals surface area contributed by atoms with Crippen molar-refractivity contribution in [1.29, 1.82) is 0 Å². The molecule has 10 N–H and O–H groups in total. The van der Waals surface area contributed by atoms with E-state index in [0.717, 1.165) is 0 Å². The van der Waals surface area contributed by atoms with Gasteiger partial charge in [-0.05, 0) is 25.7 Å². The Labute approximate surface area is 191 Å². The lowest BCUT2D eigenvalue weighted by molar-refractivity contribution is -0.360. The third-order valence-electron chi connectivity index (χ3n) is 7.87. The van der Waals surface area contributed by atoms with E-state index in [1.807, 2.05) is 0 Å². The van der Waals surface area contributed by atoms with Crippen LogP contribution in [0, 0.1) is 11.8 Å². The Hall–Kier alpha value is -0.480. The molecule has 0 aromatic rings. The van der Waals surface area contributed by atoms with Crippen LogP contribution < -0.4 is 0 Å². The first-order valence-corrected chi connectivity index (χ1v) is 11.7. The molecular formula is C21H37O12+. The van der Waals surface area contributed by atoms with Gasteiger partial charge >= 0.3 is 0 Å².